The van der Waals surface area contributed by atoms with Crippen LogP contribution in [-0.4, -0.2) is 19.2 Å². The van der Waals surface area contributed by atoms with Crippen LogP contribution >= 0.6 is 0 Å². The van der Waals surface area contributed by atoms with Crippen molar-refractivity contribution in [3.8, 4) is 5.75 Å². The minimum Gasteiger partial charge on any atom is -0.497 e. The molecule has 1 unspecified atom stereocenters. The average molecular weight is 235 g/mol. The van der Waals surface area contributed by atoms with Crippen LogP contribution in [0.1, 0.15) is 45.6 Å². The molecule has 0 amide bonds. The van der Waals surface area contributed by atoms with Crippen LogP contribution in [0.3, 0.4) is 0 Å². The third-order valence-corrected chi connectivity index (χ3v) is 2.96. The van der Waals surface area contributed by atoms with Crippen LogP contribution in [0.25, 0.3) is 0 Å². The van der Waals surface area contributed by atoms with Gasteiger partial charge in [0, 0.05) is 12.1 Å². The van der Waals surface area contributed by atoms with E-state index in [9.17, 15) is 0 Å². The number of rotatable bonds is 5. The SMILES string of the molecule is CCC(CNC(C)(C)C)c1ccc(OC)cc1. The minimum absolute atomic E-state index is 0.180. The Labute approximate surface area is 105 Å². The Balaban J connectivity index is 2.66. The Morgan fingerprint density at radius 2 is 1.76 bits per heavy atom. The molecule has 0 aliphatic carbocycles. The Bertz CT molecular complexity index is 324. The van der Waals surface area contributed by atoms with Gasteiger partial charge in [0.15, 0.2) is 0 Å². The molecule has 0 fully saturated rings. The molecular weight excluding hydrogens is 210 g/mol. The highest BCUT2D eigenvalue weighted by Crippen LogP contribution is 2.22. The Kier molecular flexibility index (Phi) is 5.01. The molecular formula is C15H25NO. The van der Waals surface area contributed by atoms with Gasteiger partial charge < -0.3 is 10.1 Å². The first kappa shape index (κ1) is 14.0. The molecule has 1 atom stereocenters. The molecule has 0 spiro atoms. The highest BCUT2D eigenvalue weighted by atomic mass is 16.5. The van der Waals surface area contributed by atoms with Gasteiger partial charge in [-0.15, -0.1) is 0 Å². The van der Waals surface area contributed by atoms with E-state index >= 15 is 0 Å². The van der Waals surface area contributed by atoms with Gasteiger partial charge in [0.2, 0.25) is 0 Å². The molecule has 0 aliphatic rings. The van der Waals surface area contributed by atoms with Gasteiger partial charge in [0.25, 0.3) is 0 Å². The fourth-order valence-electron chi connectivity index (χ4n) is 1.80. The maximum atomic E-state index is 5.18. The lowest BCUT2D eigenvalue weighted by atomic mass is 9.95. The molecule has 0 heterocycles. The molecule has 2 nitrogen and oxygen atoms in total. The second-order valence-electron chi connectivity index (χ2n) is 5.51. The molecule has 0 aliphatic heterocycles. The lowest BCUT2D eigenvalue weighted by molar-refractivity contribution is 0.401. The van der Waals surface area contributed by atoms with Crippen molar-refractivity contribution in [2.45, 2.75) is 45.6 Å². The molecule has 1 aromatic rings. The minimum atomic E-state index is 0.180. The number of hydrogen-bond donors (Lipinski definition) is 1. The van der Waals surface area contributed by atoms with Crippen molar-refractivity contribution in [2.24, 2.45) is 0 Å². The molecule has 0 radical (unpaired) electrons. The molecule has 96 valence electrons. The molecule has 0 saturated heterocycles. The van der Waals surface area contributed by atoms with Gasteiger partial charge in [0.1, 0.15) is 5.75 Å². The summed E-state index contributed by atoms with van der Waals surface area (Å²) in [5.74, 6) is 1.49. The summed E-state index contributed by atoms with van der Waals surface area (Å²) in [6.45, 7) is 9.86. The van der Waals surface area contributed by atoms with Crippen molar-refractivity contribution in [2.75, 3.05) is 13.7 Å². The van der Waals surface area contributed by atoms with E-state index in [0.717, 1.165) is 18.7 Å². The second-order valence-corrected chi connectivity index (χ2v) is 5.51. The normalized spacial score (nSPS) is 13.5. The molecule has 2 heteroatoms. The maximum absolute atomic E-state index is 5.18. The topological polar surface area (TPSA) is 21.3 Å². The van der Waals surface area contributed by atoms with Crippen LogP contribution in [0.15, 0.2) is 24.3 Å². The molecule has 0 aromatic heterocycles. The van der Waals surface area contributed by atoms with E-state index in [1.165, 1.54) is 5.56 Å². The van der Waals surface area contributed by atoms with Crippen LogP contribution in [0.5, 0.6) is 5.75 Å². The summed E-state index contributed by atoms with van der Waals surface area (Å²) >= 11 is 0. The van der Waals surface area contributed by atoms with Crippen molar-refractivity contribution in [3.63, 3.8) is 0 Å². The van der Waals surface area contributed by atoms with Crippen LogP contribution in [-0.2, 0) is 0 Å². The predicted octanol–water partition coefficient (Wildman–Crippen LogP) is 3.58. The predicted molar refractivity (Wildman–Crippen MR) is 73.8 cm³/mol. The number of nitrogens with one attached hydrogen (secondary N) is 1. The van der Waals surface area contributed by atoms with Gasteiger partial charge in [-0.1, -0.05) is 19.1 Å². The largest absolute Gasteiger partial charge is 0.497 e. The van der Waals surface area contributed by atoms with E-state index in [2.05, 4.69) is 45.1 Å². The van der Waals surface area contributed by atoms with E-state index < -0.39 is 0 Å². The highest BCUT2D eigenvalue weighted by molar-refractivity contribution is 5.29. The highest BCUT2D eigenvalue weighted by Gasteiger charge is 2.14. The summed E-state index contributed by atoms with van der Waals surface area (Å²) in [7, 11) is 1.70. The van der Waals surface area contributed by atoms with E-state index in [0.29, 0.717) is 5.92 Å². The number of methoxy groups -OCH3 is 1. The van der Waals surface area contributed by atoms with Crippen molar-refractivity contribution in [1.29, 1.82) is 0 Å². The molecule has 17 heavy (non-hydrogen) atoms. The third kappa shape index (κ3) is 4.78. The Morgan fingerprint density at radius 3 is 2.18 bits per heavy atom. The molecule has 1 aromatic carbocycles. The Morgan fingerprint density at radius 1 is 1.18 bits per heavy atom. The summed E-state index contributed by atoms with van der Waals surface area (Å²) in [5.41, 5.74) is 1.56. The van der Waals surface area contributed by atoms with Gasteiger partial charge in [-0.3, -0.25) is 0 Å². The average Bonchev–Trinajstić information content (AvgIpc) is 2.29. The van der Waals surface area contributed by atoms with Crippen molar-refractivity contribution in [1.82, 2.24) is 5.32 Å². The van der Waals surface area contributed by atoms with Crippen molar-refractivity contribution in [3.05, 3.63) is 29.8 Å². The molecule has 1 rings (SSSR count). The fourth-order valence-corrected chi connectivity index (χ4v) is 1.80. The van der Waals surface area contributed by atoms with E-state index in [1.54, 1.807) is 7.11 Å². The summed E-state index contributed by atoms with van der Waals surface area (Å²) in [5, 5.41) is 3.57. The second kappa shape index (κ2) is 6.06. The number of hydrogen-bond acceptors (Lipinski definition) is 2. The lowest BCUT2D eigenvalue weighted by Crippen LogP contribution is -2.38. The fraction of sp³-hybridized carbons (Fsp3) is 0.600. The molecule has 1 N–H and O–H groups in total. The summed E-state index contributed by atoms with van der Waals surface area (Å²) in [4.78, 5) is 0. The quantitative estimate of drug-likeness (QED) is 0.842. The Hall–Kier alpha value is -1.02. The maximum Gasteiger partial charge on any atom is 0.118 e. The van der Waals surface area contributed by atoms with Crippen LogP contribution in [0, 0.1) is 0 Å². The summed E-state index contributed by atoms with van der Waals surface area (Å²) in [6, 6.07) is 8.40. The lowest BCUT2D eigenvalue weighted by Gasteiger charge is -2.25. The van der Waals surface area contributed by atoms with Crippen molar-refractivity contribution < 1.29 is 4.74 Å². The third-order valence-electron chi connectivity index (χ3n) is 2.96. The first-order valence-corrected chi connectivity index (χ1v) is 6.35. The van der Waals surface area contributed by atoms with Gasteiger partial charge in [-0.2, -0.15) is 0 Å². The van der Waals surface area contributed by atoms with E-state index in [1.807, 2.05) is 12.1 Å². The smallest absolute Gasteiger partial charge is 0.118 e. The zero-order valence-electron chi connectivity index (χ0n) is 11.7. The number of ether oxygens (including phenoxy) is 1. The van der Waals surface area contributed by atoms with Crippen LogP contribution < -0.4 is 10.1 Å². The van der Waals surface area contributed by atoms with E-state index in [4.69, 9.17) is 4.74 Å². The standard InChI is InChI=1S/C15H25NO/c1-6-12(11-16-15(2,3)4)13-7-9-14(17-5)10-8-13/h7-10,12,16H,6,11H2,1-5H3. The zero-order chi connectivity index (χ0) is 12.9. The first-order chi connectivity index (χ1) is 7.96. The van der Waals surface area contributed by atoms with Gasteiger partial charge in [0.05, 0.1) is 7.11 Å². The first-order valence-electron chi connectivity index (χ1n) is 6.35. The molecule has 0 saturated carbocycles. The molecule has 0 bridgehead atoms. The number of benzene rings is 1. The van der Waals surface area contributed by atoms with Crippen molar-refractivity contribution >= 4 is 0 Å². The van der Waals surface area contributed by atoms with Gasteiger partial charge in [-0.25, -0.2) is 0 Å². The van der Waals surface area contributed by atoms with Crippen LogP contribution in [0.2, 0.25) is 0 Å². The summed E-state index contributed by atoms with van der Waals surface area (Å²) in [6.07, 6.45) is 1.15. The zero-order valence-corrected chi connectivity index (χ0v) is 11.7. The monoisotopic (exact) mass is 235 g/mol. The van der Waals surface area contributed by atoms with Gasteiger partial charge >= 0.3 is 0 Å². The van der Waals surface area contributed by atoms with Crippen LogP contribution in [0.4, 0.5) is 0 Å². The summed E-state index contributed by atoms with van der Waals surface area (Å²) < 4.78 is 5.18. The van der Waals surface area contributed by atoms with E-state index in [-0.39, 0.29) is 5.54 Å². The van der Waals surface area contributed by atoms with Gasteiger partial charge in [-0.05, 0) is 50.8 Å².